The van der Waals surface area contributed by atoms with E-state index in [2.05, 4.69) is 17.4 Å². The molecule has 0 radical (unpaired) electrons. The second-order valence-electron chi connectivity index (χ2n) is 9.02. The van der Waals surface area contributed by atoms with Gasteiger partial charge in [0.15, 0.2) is 6.61 Å². The van der Waals surface area contributed by atoms with Gasteiger partial charge in [0.25, 0.3) is 15.9 Å². The summed E-state index contributed by atoms with van der Waals surface area (Å²) in [5.41, 5.74) is 3.70. The van der Waals surface area contributed by atoms with Crippen molar-refractivity contribution in [1.29, 1.82) is 0 Å². The highest BCUT2D eigenvalue weighted by molar-refractivity contribution is 7.92. The van der Waals surface area contributed by atoms with Crippen molar-refractivity contribution in [2.75, 3.05) is 17.5 Å². The Balaban J connectivity index is 1.35. The first kappa shape index (κ1) is 24.8. The molecule has 3 aromatic carbocycles. The third-order valence-corrected chi connectivity index (χ3v) is 8.09. The minimum absolute atomic E-state index is 0.0207. The van der Waals surface area contributed by atoms with Crippen LogP contribution in [-0.2, 0) is 27.7 Å². The molecule has 1 aliphatic rings. The van der Waals surface area contributed by atoms with Gasteiger partial charge in [-0.1, -0.05) is 48.5 Å². The predicted molar refractivity (Wildman–Crippen MR) is 138 cm³/mol. The Bertz CT molecular complexity index is 1280. The van der Waals surface area contributed by atoms with Gasteiger partial charge in [-0.15, -0.1) is 0 Å². The Morgan fingerprint density at radius 1 is 1.06 bits per heavy atom. The van der Waals surface area contributed by atoms with E-state index in [9.17, 15) is 13.2 Å². The van der Waals surface area contributed by atoms with Crippen LogP contribution in [0.1, 0.15) is 36.5 Å². The summed E-state index contributed by atoms with van der Waals surface area (Å²) in [6.45, 7) is 4.10. The second kappa shape index (κ2) is 11.0. The van der Waals surface area contributed by atoms with Crippen molar-refractivity contribution in [2.24, 2.45) is 0 Å². The van der Waals surface area contributed by atoms with Gasteiger partial charge in [0.05, 0.1) is 10.6 Å². The number of fused-ring (bicyclic) bond motifs is 1. The summed E-state index contributed by atoms with van der Waals surface area (Å²) in [7, 11) is -3.69. The van der Waals surface area contributed by atoms with Crippen LogP contribution in [0.3, 0.4) is 0 Å². The Morgan fingerprint density at radius 2 is 1.80 bits per heavy atom. The number of anilines is 1. The lowest BCUT2D eigenvalue weighted by molar-refractivity contribution is -0.123. The van der Waals surface area contributed by atoms with Crippen LogP contribution in [0.25, 0.3) is 0 Å². The highest BCUT2D eigenvalue weighted by Crippen LogP contribution is 2.33. The van der Waals surface area contributed by atoms with Crippen LogP contribution in [0.15, 0.2) is 77.7 Å². The Labute approximate surface area is 208 Å². The summed E-state index contributed by atoms with van der Waals surface area (Å²) in [5.74, 6) is 0.293. The van der Waals surface area contributed by atoms with Crippen molar-refractivity contribution in [2.45, 2.75) is 50.5 Å². The first-order valence-corrected chi connectivity index (χ1v) is 13.5. The second-order valence-corrected chi connectivity index (χ2v) is 10.9. The number of carbonyl (C=O) groups excluding carboxylic acids is 1. The first-order chi connectivity index (χ1) is 16.8. The minimum atomic E-state index is -3.69. The Hall–Kier alpha value is -3.32. The molecular formula is C28H32N2O4S. The van der Waals surface area contributed by atoms with Crippen molar-refractivity contribution in [3.8, 4) is 5.75 Å². The number of para-hydroxylation sites is 1. The molecular weight excluding hydrogens is 460 g/mol. The molecule has 7 heteroatoms. The number of aryl methyl sites for hydroxylation is 3. The van der Waals surface area contributed by atoms with Gasteiger partial charge in [-0.05, 0) is 80.5 Å². The molecule has 4 rings (SSSR count). The molecule has 0 fully saturated rings. The average Bonchev–Trinajstić information content (AvgIpc) is 2.87. The molecule has 0 aromatic heterocycles. The zero-order chi connectivity index (χ0) is 24.8. The van der Waals surface area contributed by atoms with Crippen LogP contribution in [0.4, 0.5) is 5.69 Å². The molecule has 0 bridgehead atoms. The van der Waals surface area contributed by atoms with Crippen LogP contribution in [-0.4, -0.2) is 33.5 Å². The summed E-state index contributed by atoms with van der Waals surface area (Å²) in [5, 5.41) is 2.96. The molecule has 1 aliphatic heterocycles. The van der Waals surface area contributed by atoms with Gasteiger partial charge in [0, 0.05) is 12.6 Å². The lowest BCUT2D eigenvalue weighted by Crippen LogP contribution is -2.36. The van der Waals surface area contributed by atoms with Crippen LogP contribution in [0.2, 0.25) is 0 Å². The van der Waals surface area contributed by atoms with E-state index >= 15 is 0 Å². The molecule has 1 N–H and O–H groups in total. The zero-order valence-corrected chi connectivity index (χ0v) is 21.1. The molecule has 184 valence electrons. The first-order valence-electron chi connectivity index (χ1n) is 12.0. The number of rotatable bonds is 9. The van der Waals surface area contributed by atoms with E-state index in [-0.39, 0.29) is 23.5 Å². The number of hydrogen-bond donors (Lipinski definition) is 1. The Kier molecular flexibility index (Phi) is 7.76. The number of nitrogens with zero attached hydrogens (tertiary/aromatic N) is 1. The number of hydrogen-bond acceptors (Lipinski definition) is 4. The maximum absolute atomic E-state index is 13.4. The fourth-order valence-corrected chi connectivity index (χ4v) is 6.01. The number of amides is 1. The summed E-state index contributed by atoms with van der Waals surface area (Å²) in [6, 6.07) is 22.6. The molecule has 1 atom stereocenters. The Morgan fingerprint density at radius 3 is 2.57 bits per heavy atom. The van der Waals surface area contributed by atoms with E-state index < -0.39 is 10.0 Å². The van der Waals surface area contributed by atoms with E-state index in [1.54, 1.807) is 25.1 Å². The lowest BCUT2D eigenvalue weighted by atomic mass is 10.0. The molecule has 0 saturated carbocycles. The van der Waals surface area contributed by atoms with Crippen LogP contribution in [0.5, 0.6) is 5.75 Å². The van der Waals surface area contributed by atoms with Gasteiger partial charge in [0.1, 0.15) is 5.75 Å². The molecule has 6 nitrogen and oxygen atoms in total. The van der Waals surface area contributed by atoms with Gasteiger partial charge in [0.2, 0.25) is 0 Å². The molecule has 1 amide bonds. The molecule has 0 unspecified atom stereocenters. The molecule has 0 aliphatic carbocycles. The minimum Gasteiger partial charge on any atom is -0.484 e. The summed E-state index contributed by atoms with van der Waals surface area (Å²) in [4.78, 5) is 12.6. The summed E-state index contributed by atoms with van der Waals surface area (Å²) >= 11 is 0. The van der Waals surface area contributed by atoms with Gasteiger partial charge < -0.3 is 10.1 Å². The molecule has 35 heavy (non-hydrogen) atoms. The monoisotopic (exact) mass is 492 g/mol. The summed E-state index contributed by atoms with van der Waals surface area (Å²) < 4.78 is 34.0. The maximum atomic E-state index is 13.4. The quantitative estimate of drug-likeness (QED) is 0.472. The highest BCUT2D eigenvalue weighted by Gasteiger charge is 2.29. The van der Waals surface area contributed by atoms with Gasteiger partial charge in [-0.25, -0.2) is 8.42 Å². The van der Waals surface area contributed by atoms with Crippen molar-refractivity contribution in [3.63, 3.8) is 0 Å². The number of carbonyl (C=O) groups is 1. The number of benzene rings is 3. The van der Waals surface area contributed by atoms with Crippen molar-refractivity contribution >= 4 is 21.6 Å². The van der Waals surface area contributed by atoms with Crippen LogP contribution >= 0.6 is 0 Å². The van der Waals surface area contributed by atoms with Crippen LogP contribution < -0.4 is 14.4 Å². The molecule has 3 aromatic rings. The van der Waals surface area contributed by atoms with Crippen molar-refractivity contribution in [1.82, 2.24) is 5.32 Å². The SMILES string of the molecule is Cc1cc(S(=O)(=O)N2CCCc3ccccc32)ccc1OCC(=O)N[C@H](C)CCc1ccccc1. The van der Waals surface area contributed by atoms with E-state index in [0.29, 0.717) is 17.9 Å². The smallest absolute Gasteiger partial charge is 0.264 e. The van der Waals surface area contributed by atoms with Gasteiger partial charge in [-0.3, -0.25) is 9.10 Å². The standard InChI is InChI=1S/C28H32N2O4S/c1-21-19-25(35(32,33)30-18-8-12-24-11-6-7-13-26(24)30)16-17-27(21)34-20-28(31)29-22(2)14-15-23-9-4-3-5-10-23/h3-7,9-11,13,16-17,19,22H,8,12,14-15,18,20H2,1-2H3,(H,29,31)/t22-/m1/s1. The lowest BCUT2D eigenvalue weighted by Gasteiger charge is -2.30. The third kappa shape index (κ3) is 6.03. The number of nitrogens with one attached hydrogen (secondary N) is 1. The van der Waals surface area contributed by atoms with Crippen molar-refractivity contribution in [3.05, 3.63) is 89.5 Å². The number of ether oxygens (including phenoxy) is 1. The van der Waals surface area contributed by atoms with Crippen LogP contribution in [0, 0.1) is 6.92 Å². The van der Waals surface area contributed by atoms with Gasteiger partial charge in [-0.2, -0.15) is 0 Å². The predicted octanol–water partition coefficient (Wildman–Crippen LogP) is 4.65. The molecule has 0 spiro atoms. The third-order valence-electron chi connectivity index (χ3n) is 6.28. The maximum Gasteiger partial charge on any atom is 0.264 e. The van der Waals surface area contributed by atoms with E-state index in [1.165, 1.54) is 9.87 Å². The summed E-state index contributed by atoms with van der Waals surface area (Å²) in [6.07, 6.45) is 3.39. The zero-order valence-electron chi connectivity index (χ0n) is 20.2. The molecule has 0 saturated heterocycles. The fraction of sp³-hybridized carbons (Fsp3) is 0.321. The normalized spacial score (nSPS) is 14.2. The van der Waals surface area contributed by atoms with E-state index in [1.807, 2.05) is 49.4 Å². The van der Waals surface area contributed by atoms with E-state index in [4.69, 9.17) is 4.74 Å². The molecule has 1 heterocycles. The number of sulfonamides is 1. The van der Waals surface area contributed by atoms with E-state index in [0.717, 1.165) is 36.9 Å². The van der Waals surface area contributed by atoms with Gasteiger partial charge >= 0.3 is 0 Å². The largest absolute Gasteiger partial charge is 0.484 e. The van der Waals surface area contributed by atoms with Crippen molar-refractivity contribution < 1.29 is 17.9 Å². The topological polar surface area (TPSA) is 75.7 Å². The highest BCUT2D eigenvalue weighted by atomic mass is 32.2. The average molecular weight is 493 g/mol. The fourth-order valence-electron chi connectivity index (χ4n) is 4.38.